The van der Waals surface area contributed by atoms with Gasteiger partial charge in [0.25, 0.3) is 5.91 Å². The number of carbonyl (C=O) groups excluding carboxylic acids is 2. The van der Waals surface area contributed by atoms with Gasteiger partial charge in [0.2, 0.25) is 0 Å². The molecule has 0 spiro atoms. The molecule has 6 heteroatoms. The smallest absolute Gasteiger partial charge is 0.331 e. The van der Waals surface area contributed by atoms with E-state index in [9.17, 15) is 9.59 Å². The van der Waals surface area contributed by atoms with Crippen LogP contribution >= 0.6 is 0 Å². The van der Waals surface area contributed by atoms with Crippen LogP contribution < -0.4 is 10.1 Å². The molecule has 0 fully saturated rings. The SMILES string of the molecule is CCOc1ccc(NC(=O)C(C)OC(=O)/C=C/c2cccc3cccnc23)cc1. The number of anilines is 1. The van der Waals surface area contributed by atoms with E-state index in [-0.39, 0.29) is 0 Å². The minimum atomic E-state index is -0.940. The van der Waals surface area contributed by atoms with Gasteiger partial charge in [-0.15, -0.1) is 0 Å². The van der Waals surface area contributed by atoms with Gasteiger partial charge in [-0.3, -0.25) is 9.78 Å². The Kier molecular flexibility index (Phi) is 6.58. The number of hydrogen-bond acceptors (Lipinski definition) is 5. The summed E-state index contributed by atoms with van der Waals surface area (Å²) in [6.07, 6.45) is 3.69. The Morgan fingerprint density at radius 1 is 1.10 bits per heavy atom. The Labute approximate surface area is 169 Å². The lowest BCUT2D eigenvalue weighted by atomic mass is 10.1. The molecule has 0 saturated carbocycles. The highest BCUT2D eigenvalue weighted by Gasteiger charge is 2.16. The number of para-hydroxylation sites is 1. The molecule has 6 nitrogen and oxygen atoms in total. The number of aromatic nitrogens is 1. The van der Waals surface area contributed by atoms with E-state index < -0.39 is 18.0 Å². The van der Waals surface area contributed by atoms with Crippen molar-refractivity contribution >= 4 is 34.5 Å². The third-order valence-electron chi connectivity index (χ3n) is 4.16. The molecule has 1 N–H and O–H groups in total. The lowest BCUT2D eigenvalue weighted by Crippen LogP contribution is -2.29. The largest absolute Gasteiger partial charge is 0.494 e. The summed E-state index contributed by atoms with van der Waals surface area (Å²) in [7, 11) is 0. The molecule has 0 radical (unpaired) electrons. The van der Waals surface area contributed by atoms with E-state index in [0.717, 1.165) is 22.2 Å². The van der Waals surface area contributed by atoms with Gasteiger partial charge < -0.3 is 14.8 Å². The van der Waals surface area contributed by atoms with Crippen LogP contribution in [0, 0.1) is 0 Å². The van der Waals surface area contributed by atoms with Crippen molar-refractivity contribution in [3.8, 4) is 5.75 Å². The summed E-state index contributed by atoms with van der Waals surface area (Å²) in [6, 6.07) is 16.5. The first-order chi connectivity index (χ1) is 14.1. The van der Waals surface area contributed by atoms with Crippen LogP contribution in [-0.2, 0) is 14.3 Å². The molecule has 2 aromatic carbocycles. The molecule has 0 aliphatic heterocycles. The number of rotatable bonds is 7. The van der Waals surface area contributed by atoms with E-state index >= 15 is 0 Å². The predicted octanol–water partition coefficient (Wildman–Crippen LogP) is 4.22. The first kappa shape index (κ1) is 20.1. The number of nitrogens with one attached hydrogen (secondary N) is 1. The van der Waals surface area contributed by atoms with Gasteiger partial charge in [0.15, 0.2) is 6.10 Å². The fourth-order valence-corrected chi connectivity index (χ4v) is 2.73. The average molecular weight is 390 g/mol. The number of hydrogen-bond donors (Lipinski definition) is 1. The molecule has 1 aromatic heterocycles. The van der Waals surface area contributed by atoms with Crippen molar-refractivity contribution in [3.63, 3.8) is 0 Å². The van der Waals surface area contributed by atoms with Gasteiger partial charge in [-0.1, -0.05) is 24.3 Å². The minimum Gasteiger partial charge on any atom is -0.494 e. The molecule has 1 atom stereocenters. The lowest BCUT2D eigenvalue weighted by molar-refractivity contribution is -0.148. The first-order valence-electron chi connectivity index (χ1n) is 9.33. The summed E-state index contributed by atoms with van der Waals surface area (Å²) in [4.78, 5) is 28.7. The molecule has 1 amide bonds. The zero-order valence-corrected chi connectivity index (χ0v) is 16.3. The van der Waals surface area contributed by atoms with E-state index in [0.29, 0.717) is 12.3 Å². The van der Waals surface area contributed by atoms with E-state index in [1.807, 2.05) is 37.3 Å². The summed E-state index contributed by atoms with van der Waals surface area (Å²) in [6.45, 7) is 3.99. The van der Waals surface area contributed by atoms with Crippen LogP contribution in [-0.4, -0.2) is 29.6 Å². The molecular formula is C23H22N2O4. The fraction of sp³-hybridized carbons (Fsp3) is 0.174. The molecule has 1 unspecified atom stereocenters. The first-order valence-corrected chi connectivity index (χ1v) is 9.33. The number of nitrogens with zero attached hydrogens (tertiary/aromatic N) is 1. The standard InChI is InChI=1S/C23H22N2O4/c1-3-28-20-12-10-19(11-13-20)25-23(27)16(2)29-21(26)14-9-18-7-4-6-17-8-5-15-24-22(17)18/h4-16H,3H2,1-2H3,(H,25,27)/b14-9+. The minimum absolute atomic E-state index is 0.414. The van der Waals surface area contributed by atoms with Crippen LogP contribution in [0.25, 0.3) is 17.0 Å². The van der Waals surface area contributed by atoms with E-state index in [4.69, 9.17) is 9.47 Å². The maximum absolute atomic E-state index is 12.3. The topological polar surface area (TPSA) is 77.5 Å². The average Bonchev–Trinajstić information content (AvgIpc) is 2.73. The Balaban J connectivity index is 1.58. The van der Waals surface area contributed by atoms with Crippen molar-refractivity contribution in [2.24, 2.45) is 0 Å². The molecule has 0 saturated heterocycles. The van der Waals surface area contributed by atoms with E-state index in [2.05, 4.69) is 10.3 Å². The molecule has 148 valence electrons. The zero-order valence-electron chi connectivity index (χ0n) is 16.3. The molecular weight excluding hydrogens is 368 g/mol. The molecule has 0 aliphatic carbocycles. The molecule has 29 heavy (non-hydrogen) atoms. The molecule has 3 aromatic rings. The highest BCUT2D eigenvalue weighted by molar-refractivity contribution is 5.97. The molecule has 1 heterocycles. The van der Waals surface area contributed by atoms with Crippen molar-refractivity contribution in [3.05, 3.63) is 72.4 Å². The van der Waals surface area contributed by atoms with Crippen LogP contribution in [0.3, 0.4) is 0 Å². The van der Waals surface area contributed by atoms with Crippen molar-refractivity contribution in [1.82, 2.24) is 4.98 Å². The van der Waals surface area contributed by atoms with Crippen molar-refractivity contribution in [2.45, 2.75) is 20.0 Å². The number of esters is 1. The highest BCUT2D eigenvalue weighted by atomic mass is 16.5. The van der Waals surface area contributed by atoms with Crippen LogP contribution in [0.2, 0.25) is 0 Å². The maximum Gasteiger partial charge on any atom is 0.331 e. The summed E-state index contributed by atoms with van der Waals surface area (Å²) in [5.41, 5.74) is 2.19. The van der Waals surface area contributed by atoms with Gasteiger partial charge in [-0.05, 0) is 50.3 Å². The van der Waals surface area contributed by atoms with Crippen LogP contribution in [0.1, 0.15) is 19.4 Å². The number of carbonyl (C=O) groups is 2. The van der Waals surface area contributed by atoms with E-state index in [1.165, 1.54) is 13.0 Å². The Morgan fingerprint density at radius 2 is 1.86 bits per heavy atom. The second kappa shape index (κ2) is 9.50. The molecule has 0 aliphatic rings. The second-order valence-corrected chi connectivity index (χ2v) is 6.28. The van der Waals surface area contributed by atoms with Crippen LogP contribution in [0.15, 0.2) is 66.9 Å². The number of ether oxygens (including phenoxy) is 2. The van der Waals surface area contributed by atoms with Gasteiger partial charge >= 0.3 is 5.97 Å². The van der Waals surface area contributed by atoms with Crippen molar-refractivity contribution in [2.75, 3.05) is 11.9 Å². The van der Waals surface area contributed by atoms with Crippen molar-refractivity contribution < 1.29 is 19.1 Å². The van der Waals surface area contributed by atoms with Gasteiger partial charge in [-0.2, -0.15) is 0 Å². The van der Waals surface area contributed by atoms with E-state index in [1.54, 1.807) is 36.5 Å². The highest BCUT2D eigenvalue weighted by Crippen LogP contribution is 2.18. The fourth-order valence-electron chi connectivity index (χ4n) is 2.73. The summed E-state index contributed by atoms with van der Waals surface area (Å²) >= 11 is 0. The Morgan fingerprint density at radius 3 is 2.62 bits per heavy atom. The zero-order chi connectivity index (χ0) is 20.6. The van der Waals surface area contributed by atoms with Crippen LogP contribution in [0.5, 0.6) is 5.75 Å². The summed E-state index contributed by atoms with van der Waals surface area (Å²) in [5, 5.41) is 3.69. The van der Waals surface area contributed by atoms with Gasteiger partial charge in [0.05, 0.1) is 12.1 Å². The summed E-state index contributed by atoms with van der Waals surface area (Å²) < 4.78 is 10.6. The Bertz CT molecular complexity index is 1020. The number of pyridine rings is 1. The number of amides is 1. The number of fused-ring (bicyclic) bond motifs is 1. The normalized spacial score (nSPS) is 11.9. The quantitative estimate of drug-likeness (QED) is 0.483. The number of benzene rings is 2. The Hall–Kier alpha value is -3.67. The third kappa shape index (κ3) is 5.42. The predicted molar refractivity (Wildman–Crippen MR) is 113 cm³/mol. The van der Waals surface area contributed by atoms with Gasteiger partial charge in [0, 0.05) is 28.9 Å². The summed E-state index contributed by atoms with van der Waals surface area (Å²) in [5.74, 6) is -0.298. The van der Waals surface area contributed by atoms with Gasteiger partial charge in [-0.25, -0.2) is 4.79 Å². The molecule has 3 rings (SSSR count). The lowest BCUT2D eigenvalue weighted by Gasteiger charge is -2.12. The molecule has 0 bridgehead atoms. The van der Waals surface area contributed by atoms with Crippen molar-refractivity contribution in [1.29, 1.82) is 0 Å². The second-order valence-electron chi connectivity index (χ2n) is 6.28. The van der Waals surface area contributed by atoms with Crippen LogP contribution in [0.4, 0.5) is 5.69 Å². The maximum atomic E-state index is 12.3. The monoisotopic (exact) mass is 390 g/mol. The van der Waals surface area contributed by atoms with Gasteiger partial charge in [0.1, 0.15) is 5.75 Å². The third-order valence-corrected chi connectivity index (χ3v) is 4.16.